The van der Waals surface area contributed by atoms with Crippen molar-refractivity contribution in [1.29, 1.82) is 0 Å². The number of anilines is 1. The Kier molecular flexibility index (Phi) is 3.10. The summed E-state index contributed by atoms with van der Waals surface area (Å²) in [5.41, 5.74) is 2.18. The number of carbonyl (C=O) groups excluding carboxylic acids is 1. The van der Waals surface area contributed by atoms with Gasteiger partial charge in [-0.1, -0.05) is 24.3 Å². The van der Waals surface area contributed by atoms with E-state index in [0.717, 1.165) is 17.2 Å². The quantitative estimate of drug-likeness (QED) is 0.755. The van der Waals surface area contributed by atoms with Crippen LogP contribution in [0.25, 0.3) is 0 Å². The first-order valence-corrected chi connectivity index (χ1v) is 6.51. The second-order valence-corrected chi connectivity index (χ2v) is 4.98. The molecule has 1 amide bonds. The molecule has 2 aromatic rings. The second kappa shape index (κ2) is 4.94. The lowest BCUT2D eigenvalue weighted by Crippen LogP contribution is -2.30. The van der Waals surface area contributed by atoms with Crippen LogP contribution in [0, 0.1) is 0 Å². The third kappa shape index (κ3) is 2.33. The first kappa shape index (κ1) is 13.2. The summed E-state index contributed by atoms with van der Waals surface area (Å²) < 4.78 is 0. The molecular weight excluding hydrogens is 270 g/mol. The van der Waals surface area contributed by atoms with Gasteiger partial charge in [0.05, 0.1) is 17.2 Å². The number of nitrogens with one attached hydrogen (secondary N) is 1. The molecule has 0 aliphatic heterocycles. The zero-order valence-corrected chi connectivity index (χ0v) is 11.0. The molecule has 1 aliphatic rings. The Labute approximate surface area is 120 Å². The van der Waals surface area contributed by atoms with Gasteiger partial charge in [-0.3, -0.25) is 4.79 Å². The zero-order chi connectivity index (χ0) is 15.0. The van der Waals surface area contributed by atoms with Crippen LogP contribution in [-0.4, -0.2) is 22.1 Å². The number of aromatic hydroxyl groups is 1. The van der Waals surface area contributed by atoms with Crippen molar-refractivity contribution in [2.24, 2.45) is 0 Å². The van der Waals surface area contributed by atoms with Crippen LogP contribution in [0.4, 0.5) is 5.69 Å². The fraction of sp³-hybridized carbons (Fsp3) is 0.125. The average molecular weight is 283 g/mol. The molecule has 2 aromatic carbocycles. The highest BCUT2D eigenvalue weighted by atomic mass is 16.4. The lowest BCUT2D eigenvalue weighted by molar-refractivity contribution is -0.118. The Morgan fingerprint density at radius 3 is 2.62 bits per heavy atom. The molecule has 0 saturated heterocycles. The number of hydrogen-bond donors (Lipinski definition) is 3. The number of carboxylic acid groups (broad SMARTS) is 1. The van der Waals surface area contributed by atoms with E-state index in [1.54, 1.807) is 0 Å². The van der Waals surface area contributed by atoms with E-state index in [1.807, 2.05) is 24.3 Å². The van der Waals surface area contributed by atoms with Crippen molar-refractivity contribution in [3.05, 3.63) is 59.2 Å². The molecule has 5 heteroatoms. The van der Waals surface area contributed by atoms with Crippen molar-refractivity contribution in [2.75, 3.05) is 5.32 Å². The van der Waals surface area contributed by atoms with Gasteiger partial charge in [-0.2, -0.15) is 0 Å². The van der Waals surface area contributed by atoms with Gasteiger partial charge in [-0.15, -0.1) is 0 Å². The maximum atomic E-state index is 12.3. The monoisotopic (exact) mass is 283 g/mol. The second-order valence-electron chi connectivity index (χ2n) is 4.98. The van der Waals surface area contributed by atoms with Crippen LogP contribution in [0.2, 0.25) is 0 Å². The van der Waals surface area contributed by atoms with Gasteiger partial charge in [0.1, 0.15) is 5.75 Å². The third-order valence-corrected chi connectivity index (χ3v) is 3.66. The van der Waals surface area contributed by atoms with Crippen molar-refractivity contribution in [2.45, 2.75) is 12.3 Å². The molecule has 0 aromatic heterocycles. The molecule has 5 nitrogen and oxygen atoms in total. The normalized spacial score (nSPS) is 15.7. The lowest BCUT2D eigenvalue weighted by Gasteiger charge is -2.29. The smallest absolute Gasteiger partial charge is 0.337 e. The summed E-state index contributed by atoms with van der Waals surface area (Å²) in [6.45, 7) is 0. The summed E-state index contributed by atoms with van der Waals surface area (Å²) in [6.07, 6.45) is 0.655. The first-order valence-electron chi connectivity index (χ1n) is 6.51. The molecule has 0 heterocycles. The molecule has 0 spiro atoms. The number of carbonyl (C=O) groups is 2. The van der Waals surface area contributed by atoms with E-state index in [4.69, 9.17) is 5.11 Å². The summed E-state index contributed by atoms with van der Waals surface area (Å²) in [5, 5.41) is 21.1. The fourth-order valence-corrected chi connectivity index (χ4v) is 2.53. The summed E-state index contributed by atoms with van der Waals surface area (Å²) in [6, 6.07) is 11.5. The molecule has 0 bridgehead atoms. The Morgan fingerprint density at radius 1 is 1.14 bits per heavy atom. The highest BCUT2D eigenvalue weighted by molar-refractivity contribution is 6.03. The van der Waals surface area contributed by atoms with Gasteiger partial charge in [0.15, 0.2) is 0 Å². The maximum absolute atomic E-state index is 12.3. The van der Waals surface area contributed by atoms with Gasteiger partial charge in [-0.25, -0.2) is 4.79 Å². The van der Waals surface area contributed by atoms with Gasteiger partial charge >= 0.3 is 5.97 Å². The van der Waals surface area contributed by atoms with Crippen molar-refractivity contribution < 1.29 is 19.8 Å². The molecule has 3 rings (SSSR count). The molecule has 106 valence electrons. The summed E-state index contributed by atoms with van der Waals surface area (Å²) >= 11 is 0. The molecular formula is C16H13NO4. The van der Waals surface area contributed by atoms with Crippen LogP contribution >= 0.6 is 0 Å². The highest BCUT2D eigenvalue weighted by Gasteiger charge is 2.32. The molecule has 1 unspecified atom stereocenters. The van der Waals surface area contributed by atoms with Gasteiger partial charge in [-0.05, 0) is 35.7 Å². The van der Waals surface area contributed by atoms with E-state index < -0.39 is 5.97 Å². The maximum Gasteiger partial charge on any atom is 0.337 e. The van der Waals surface area contributed by atoms with Crippen LogP contribution in [0.5, 0.6) is 5.75 Å². The van der Waals surface area contributed by atoms with E-state index in [0.29, 0.717) is 6.42 Å². The lowest BCUT2D eigenvalue weighted by atomic mass is 9.77. The minimum Gasteiger partial charge on any atom is -0.508 e. The number of phenolic OH excluding ortho intramolecular Hbond substituents is 1. The van der Waals surface area contributed by atoms with Crippen LogP contribution in [0.15, 0.2) is 42.5 Å². The Balaban J connectivity index is 1.82. The van der Waals surface area contributed by atoms with Crippen LogP contribution in [-0.2, 0) is 11.2 Å². The SMILES string of the molecule is O=C(O)c1cc(O)ccc1NC(=O)C1Cc2ccccc21. The zero-order valence-electron chi connectivity index (χ0n) is 11.0. The number of carboxylic acids is 1. The summed E-state index contributed by atoms with van der Waals surface area (Å²) in [5.74, 6) is -1.84. The van der Waals surface area contributed by atoms with Crippen molar-refractivity contribution in [3.63, 3.8) is 0 Å². The highest BCUT2D eigenvalue weighted by Crippen LogP contribution is 2.36. The van der Waals surface area contributed by atoms with E-state index >= 15 is 0 Å². The number of hydrogen-bond acceptors (Lipinski definition) is 3. The molecule has 1 atom stereocenters. The fourth-order valence-electron chi connectivity index (χ4n) is 2.53. The predicted octanol–water partition coefficient (Wildman–Crippen LogP) is 2.37. The van der Waals surface area contributed by atoms with Gasteiger partial charge in [0, 0.05) is 0 Å². The molecule has 21 heavy (non-hydrogen) atoms. The van der Waals surface area contributed by atoms with Gasteiger partial charge in [0.25, 0.3) is 0 Å². The molecule has 0 saturated carbocycles. The standard InChI is InChI=1S/C16H13NO4/c18-10-5-6-14(13(8-10)16(20)21)17-15(19)12-7-9-3-1-2-4-11(9)12/h1-6,8,12,18H,7H2,(H,17,19)(H,20,21). The van der Waals surface area contributed by atoms with Crippen molar-refractivity contribution in [3.8, 4) is 5.75 Å². The van der Waals surface area contributed by atoms with E-state index in [9.17, 15) is 14.7 Å². The van der Waals surface area contributed by atoms with Crippen molar-refractivity contribution >= 4 is 17.6 Å². The van der Waals surface area contributed by atoms with Crippen LogP contribution in [0.3, 0.4) is 0 Å². The van der Waals surface area contributed by atoms with Gasteiger partial charge in [0.2, 0.25) is 5.91 Å². The van der Waals surface area contributed by atoms with Gasteiger partial charge < -0.3 is 15.5 Å². The van der Waals surface area contributed by atoms with E-state index in [1.165, 1.54) is 12.1 Å². The largest absolute Gasteiger partial charge is 0.508 e. The van der Waals surface area contributed by atoms with Crippen LogP contribution < -0.4 is 5.32 Å². The minimum absolute atomic E-state index is 0.129. The number of amides is 1. The third-order valence-electron chi connectivity index (χ3n) is 3.66. The summed E-state index contributed by atoms with van der Waals surface area (Å²) in [4.78, 5) is 23.4. The molecule has 0 radical (unpaired) electrons. The first-order chi connectivity index (χ1) is 10.1. The average Bonchev–Trinajstić information content (AvgIpc) is 2.42. The topological polar surface area (TPSA) is 86.6 Å². The molecule has 3 N–H and O–H groups in total. The van der Waals surface area contributed by atoms with Crippen LogP contribution in [0.1, 0.15) is 27.4 Å². The Hall–Kier alpha value is -2.82. The molecule has 1 aliphatic carbocycles. The number of benzene rings is 2. The van der Waals surface area contributed by atoms with E-state index in [-0.39, 0.29) is 28.8 Å². The Morgan fingerprint density at radius 2 is 1.90 bits per heavy atom. The predicted molar refractivity (Wildman–Crippen MR) is 76.6 cm³/mol. The minimum atomic E-state index is -1.20. The Bertz CT molecular complexity index is 739. The van der Waals surface area contributed by atoms with Crippen molar-refractivity contribution in [1.82, 2.24) is 0 Å². The van der Waals surface area contributed by atoms with E-state index in [2.05, 4.69) is 5.32 Å². The summed E-state index contributed by atoms with van der Waals surface area (Å²) in [7, 11) is 0. The number of aromatic carboxylic acids is 1. The number of fused-ring (bicyclic) bond motifs is 1. The molecule has 0 fully saturated rings. The number of phenols is 1. The number of rotatable bonds is 3.